The maximum atomic E-state index is 12.1. The molecule has 0 saturated heterocycles. The number of fused-ring (bicyclic) bond motifs is 1. The van der Waals surface area contributed by atoms with Crippen molar-refractivity contribution in [3.8, 4) is 0 Å². The molecule has 5 nitrogen and oxygen atoms in total. The molecule has 1 aliphatic heterocycles. The Kier molecular flexibility index (Phi) is 3.40. The standard InChI is InChI=1S/C12H15N3O2S2/c16-19(17,9-12-13-4-6-18-12)8-10-7-11-3-1-2-5-15(11)14-10/h4,6-7H,1-3,5,8-9H2. The van der Waals surface area contributed by atoms with Gasteiger partial charge in [0.2, 0.25) is 0 Å². The number of sulfone groups is 1. The van der Waals surface area contributed by atoms with Crippen molar-refractivity contribution >= 4 is 21.2 Å². The van der Waals surface area contributed by atoms with Crippen LogP contribution >= 0.6 is 11.3 Å². The minimum absolute atomic E-state index is 0.00653. The van der Waals surface area contributed by atoms with Gasteiger partial charge in [-0.05, 0) is 25.3 Å². The fourth-order valence-electron chi connectivity index (χ4n) is 2.34. The van der Waals surface area contributed by atoms with Crippen LogP contribution in [0.5, 0.6) is 0 Å². The molecule has 7 heteroatoms. The number of aromatic nitrogens is 3. The van der Waals surface area contributed by atoms with Crippen molar-refractivity contribution < 1.29 is 8.42 Å². The maximum absolute atomic E-state index is 12.1. The average molecular weight is 297 g/mol. The van der Waals surface area contributed by atoms with Gasteiger partial charge in [-0.2, -0.15) is 5.10 Å². The van der Waals surface area contributed by atoms with Crippen LogP contribution in [0.2, 0.25) is 0 Å². The van der Waals surface area contributed by atoms with Crippen molar-refractivity contribution in [1.29, 1.82) is 0 Å². The van der Waals surface area contributed by atoms with Crippen molar-refractivity contribution in [1.82, 2.24) is 14.8 Å². The normalized spacial score (nSPS) is 15.4. The van der Waals surface area contributed by atoms with Gasteiger partial charge in [0.25, 0.3) is 0 Å². The number of hydrogen-bond acceptors (Lipinski definition) is 5. The quantitative estimate of drug-likeness (QED) is 0.863. The van der Waals surface area contributed by atoms with E-state index in [-0.39, 0.29) is 11.5 Å². The van der Waals surface area contributed by atoms with Crippen LogP contribution in [-0.2, 0) is 34.3 Å². The minimum atomic E-state index is -3.18. The number of hydrogen-bond donors (Lipinski definition) is 0. The summed E-state index contributed by atoms with van der Waals surface area (Å²) in [6.45, 7) is 0.905. The molecule has 0 unspecified atom stereocenters. The van der Waals surface area contributed by atoms with Crippen molar-refractivity contribution in [3.05, 3.63) is 34.0 Å². The van der Waals surface area contributed by atoms with Crippen molar-refractivity contribution in [3.63, 3.8) is 0 Å². The Morgan fingerprint density at radius 3 is 2.95 bits per heavy atom. The van der Waals surface area contributed by atoms with Crippen LogP contribution in [-0.4, -0.2) is 23.2 Å². The SMILES string of the molecule is O=S(=O)(Cc1cc2n(n1)CCCC2)Cc1nccs1. The van der Waals surface area contributed by atoms with E-state index in [0.717, 1.165) is 31.5 Å². The second-order valence-corrected chi connectivity index (χ2v) is 7.81. The molecule has 0 aromatic carbocycles. The lowest BCUT2D eigenvalue weighted by Crippen LogP contribution is -2.11. The smallest absolute Gasteiger partial charge is 0.162 e. The highest BCUT2D eigenvalue weighted by atomic mass is 32.2. The molecule has 0 fully saturated rings. The first-order chi connectivity index (χ1) is 9.12. The van der Waals surface area contributed by atoms with Gasteiger partial charge in [-0.1, -0.05) is 0 Å². The molecule has 0 bridgehead atoms. The van der Waals surface area contributed by atoms with Crippen molar-refractivity contribution in [2.24, 2.45) is 0 Å². The lowest BCUT2D eigenvalue weighted by atomic mass is 10.1. The summed E-state index contributed by atoms with van der Waals surface area (Å²) in [5.74, 6) is 0.0133. The lowest BCUT2D eigenvalue weighted by Gasteiger charge is -2.11. The second-order valence-electron chi connectivity index (χ2n) is 4.77. The summed E-state index contributed by atoms with van der Waals surface area (Å²) in [6.07, 6.45) is 4.92. The second kappa shape index (κ2) is 5.05. The molecule has 0 spiro atoms. The van der Waals surface area contributed by atoms with Crippen LogP contribution in [0.25, 0.3) is 0 Å². The van der Waals surface area contributed by atoms with Crippen LogP contribution in [0.1, 0.15) is 29.2 Å². The predicted octanol–water partition coefficient (Wildman–Crippen LogP) is 1.79. The molecule has 102 valence electrons. The molecule has 0 amide bonds. The average Bonchev–Trinajstić information content (AvgIpc) is 2.95. The van der Waals surface area contributed by atoms with Gasteiger partial charge in [-0.3, -0.25) is 4.68 Å². The zero-order chi connectivity index (χ0) is 13.3. The van der Waals surface area contributed by atoms with Gasteiger partial charge in [0, 0.05) is 23.8 Å². The van der Waals surface area contributed by atoms with E-state index in [9.17, 15) is 8.42 Å². The van der Waals surface area contributed by atoms with Gasteiger partial charge in [0.15, 0.2) is 9.84 Å². The summed E-state index contributed by atoms with van der Waals surface area (Å²) in [4.78, 5) is 4.02. The molecule has 0 atom stereocenters. The van der Waals surface area contributed by atoms with E-state index in [1.165, 1.54) is 11.3 Å². The van der Waals surface area contributed by atoms with Crippen LogP contribution in [0.3, 0.4) is 0 Å². The van der Waals surface area contributed by atoms with Gasteiger partial charge in [-0.15, -0.1) is 11.3 Å². The van der Waals surface area contributed by atoms with E-state index in [2.05, 4.69) is 10.1 Å². The van der Waals surface area contributed by atoms with E-state index in [0.29, 0.717) is 10.7 Å². The van der Waals surface area contributed by atoms with E-state index in [1.807, 2.05) is 10.7 Å². The van der Waals surface area contributed by atoms with Crippen LogP contribution in [0.4, 0.5) is 0 Å². The first-order valence-electron chi connectivity index (χ1n) is 6.27. The summed E-state index contributed by atoms with van der Waals surface area (Å²) in [6, 6.07) is 1.93. The molecule has 1 aliphatic rings. The maximum Gasteiger partial charge on any atom is 0.162 e. The third kappa shape index (κ3) is 3.03. The molecule has 0 N–H and O–H groups in total. The molecule has 3 rings (SSSR count). The molecule has 0 radical (unpaired) electrons. The summed E-state index contributed by atoms with van der Waals surface area (Å²) >= 11 is 1.37. The Morgan fingerprint density at radius 1 is 1.32 bits per heavy atom. The molecular weight excluding hydrogens is 282 g/mol. The van der Waals surface area contributed by atoms with Crippen molar-refractivity contribution in [2.75, 3.05) is 0 Å². The molecule has 2 aromatic heterocycles. The Bertz CT molecular complexity index is 636. The zero-order valence-electron chi connectivity index (χ0n) is 10.4. The highest BCUT2D eigenvalue weighted by Gasteiger charge is 2.19. The van der Waals surface area contributed by atoms with Crippen molar-refractivity contribution in [2.45, 2.75) is 37.3 Å². The van der Waals surface area contributed by atoms with Gasteiger partial charge in [0.05, 0.1) is 11.4 Å². The van der Waals surface area contributed by atoms with Gasteiger partial charge in [-0.25, -0.2) is 13.4 Å². The third-order valence-electron chi connectivity index (χ3n) is 3.16. The first-order valence-corrected chi connectivity index (χ1v) is 8.97. The van der Waals surface area contributed by atoms with Crippen LogP contribution < -0.4 is 0 Å². The highest BCUT2D eigenvalue weighted by molar-refractivity contribution is 7.89. The van der Waals surface area contributed by atoms with E-state index in [4.69, 9.17) is 0 Å². The number of aryl methyl sites for hydroxylation is 2. The first kappa shape index (κ1) is 12.8. The van der Waals surface area contributed by atoms with E-state index < -0.39 is 9.84 Å². The molecule has 2 aromatic rings. The molecule has 19 heavy (non-hydrogen) atoms. The molecule has 0 aliphatic carbocycles. The summed E-state index contributed by atoms with van der Waals surface area (Å²) in [7, 11) is -3.18. The molecule has 0 saturated carbocycles. The Labute approximate surface area is 116 Å². The molecular formula is C12H15N3O2S2. The highest BCUT2D eigenvalue weighted by Crippen LogP contribution is 2.18. The Balaban J connectivity index is 1.75. The summed E-state index contributed by atoms with van der Waals surface area (Å²) < 4.78 is 26.1. The molecule has 3 heterocycles. The monoisotopic (exact) mass is 297 g/mol. The summed E-state index contributed by atoms with van der Waals surface area (Å²) in [5.41, 5.74) is 1.82. The minimum Gasteiger partial charge on any atom is -0.269 e. The van der Waals surface area contributed by atoms with Gasteiger partial charge in [0.1, 0.15) is 10.8 Å². The van der Waals surface area contributed by atoms with Gasteiger partial charge >= 0.3 is 0 Å². The van der Waals surface area contributed by atoms with E-state index >= 15 is 0 Å². The lowest BCUT2D eigenvalue weighted by molar-refractivity contribution is 0.484. The predicted molar refractivity (Wildman–Crippen MR) is 73.6 cm³/mol. The fraction of sp³-hybridized carbons (Fsp3) is 0.500. The Hall–Kier alpha value is -1.21. The third-order valence-corrected chi connectivity index (χ3v) is 5.57. The fourth-order valence-corrected chi connectivity index (χ4v) is 4.69. The number of nitrogens with zero attached hydrogens (tertiary/aromatic N) is 3. The number of rotatable bonds is 4. The topological polar surface area (TPSA) is 64.8 Å². The summed E-state index contributed by atoms with van der Waals surface area (Å²) in [5, 5.41) is 6.82. The zero-order valence-corrected chi connectivity index (χ0v) is 12.1. The van der Waals surface area contributed by atoms with Crippen LogP contribution in [0, 0.1) is 0 Å². The van der Waals surface area contributed by atoms with E-state index in [1.54, 1.807) is 11.6 Å². The largest absolute Gasteiger partial charge is 0.269 e. The van der Waals surface area contributed by atoms with Gasteiger partial charge < -0.3 is 0 Å². The van der Waals surface area contributed by atoms with Crippen LogP contribution in [0.15, 0.2) is 17.6 Å². The number of thiazole rings is 1. The Morgan fingerprint density at radius 2 is 2.21 bits per heavy atom.